The van der Waals surface area contributed by atoms with Crippen LogP contribution < -0.4 is 0 Å². The number of ether oxygens (including phenoxy) is 2. The van der Waals surface area contributed by atoms with E-state index < -0.39 is 0 Å². The number of aryl methyl sites for hydroxylation is 1. The quantitative estimate of drug-likeness (QED) is 0.782. The molecule has 3 rings (SSSR count). The molecule has 0 unspecified atom stereocenters. The largest absolute Gasteiger partial charge is 0.383 e. The molecule has 0 N–H and O–H groups in total. The summed E-state index contributed by atoms with van der Waals surface area (Å²) in [4.78, 5) is 21.1. The number of carbonyl (C=O) groups excluding carboxylic acids is 1. The van der Waals surface area contributed by atoms with Crippen LogP contribution in [0.4, 0.5) is 0 Å². The van der Waals surface area contributed by atoms with Gasteiger partial charge in [0.2, 0.25) is 0 Å². The number of likely N-dealkylation sites (tertiary alicyclic amines) is 1. The van der Waals surface area contributed by atoms with E-state index in [1.54, 1.807) is 24.1 Å². The Labute approximate surface area is 130 Å². The molecule has 1 aromatic heterocycles. The molecular formula is C15H24N4O3. The Morgan fingerprint density at radius 1 is 1.50 bits per heavy atom. The Morgan fingerprint density at radius 3 is 3.09 bits per heavy atom. The molecule has 1 aromatic rings. The monoisotopic (exact) mass is 308 g/mol. The molecule has 3 heterocycles. The Hall–Kier alpha value is -1.44. The summed E-state index contributed by atoms with van der Waals surface area (Å²) in [6.07, 6.45) is 4.56. The minimum Gasteiger partial charge on any atom is -0.383 e. The van der Waals surface area contributed by atoms with E-state index in [-0.39, 0.29) is 18.1 Å². The first-order chi connectivity index (χ1) is 10.7. The highest BCUT2D eigenvalue weighted by Crippen LogP contribution is 2.23. The van der Waals surface area contributed by atoms with Crippen molar-refractivity contribution in [3.63, 3.8) is 0 Å². The molecule has 2 atom stereocenters. The fourth-order valence-corrected chi connectivity index (χ4v) is 3.33. The standard InChI is InChI=1S/C15H24N4O3/c1-17-6-4-16-14(17)15(20)19-5-3-13-12(11-19)18(7-9-21-2)8-10-22-13/h4,6,12-13H,3,5,7-11H2,1-2H3/t12-,13-/m0/s1. The van der Waals surface area contributed by atoms with Crippen molar-refractivity contribution in [3.8, 4) is 0 Å². The van der Waals surface area contributed by atoms with Gasteiger partial charge in [-0.15, -0.1) is 0 Å². The lowest BCUT2D eigenvalue weighted by Crippen LogP contribution is -2.61. The van der Waals surface area contributed by atoms with Crippen molar-refractivity contribution >= 4 is 5.91 Å². The first kappa shape index (κ1) is 15.5. The van der Waals surface area contributed by atoms with Gasteiger partial charge in [-0.25, -0.2) is 4.98 Å². The molecule has 1 amide bonds. The fourth-order valence-electron chi connectivity index (χ4n) is 3.33. The third kappa shape index (κ3) is 3.02. The summed E-state index contributed by atoms with van der Waals surface area (Å²) in [7, 11) is 3.57. The fraction of sp³-hybridized carbons (Fsp3) is 0.733. The van der Waals surface area contributed by atoms with Crippen LogP contribution in [0.25, 0.3) is 0 Å². The summed E-state index contributed by atoms with van der Waals surface area (Å²) < 4.78 is 12.9. The zero-order valence-corrected chi connectivity index (χ0v) is 13.3. The molecule has 7 nitrogen and oxygen atoms in total. The first-order valence-electron chi connectivity index (χ1n) is 7.82. The second kappa shape index (κ2) is 6.76. The average Bonchev–Trinajstić information content (AvgIpc) is 2.97. The second-order valence-corrected chi connectivity index (χ2v) is 5.91. The summed E-state index contributed by atoms with van der Waals surface area (Å²) in [5, 5.41) is 0. The molecular weight excluding hydrogens is 284 g/mol. The van der Waals surface area contributed by atoms with Crippen LogP contribution in [0.3, 0.4) is 0 Å². The Kier molecular flexibility index (Phi) is 4.75. The van der Waals surface area contributed by atoms with Crippen molar-refractivity contribution in [2.45, 2.75) is 18.6 Å². The molecule has 0 saturated carbocycles. The number of carbonyl (C=O) groups is 1. The topological polar surface area (TPSA) is 59.8 Å². The van der Waals surface area contributed by atoms with E-state index in [9.17, 15) is 4.79 Å². The summed E-state index contributed by atoms with van der Waals surface area (Å²) in [5.41, 5.74) is 0. The Balaban J connectivity index is 1.69. The number of hydrogen-bond donors (Lipinski definition) is 0. The zero-order valence-electron chi connectivity index (χ0n) is 13.3. The predicted molar refractivity (Wildman–Crippen MR) is 80.7 cm³/mol. The Bertz CT molecular complexity index is 519. The number of nitrogens with zero attached hydrogens (tertiary/aromatic N) is 4. The van der Waals surface area contributed by atoms with E-state index in [2.05, 4.69) is 9.88 Å². The molecule has 2 aliphatic heterocycles. The van der Waals surface area contributed by atoms with Gasteiger partial charge in [-0.1, -0.05) is 0 Å². The number of amides is 1. The van der Waals surface area contributed by atoms with E-state index in [4.69, 9.17) is 9.47 Å². The van der Waals surface area contributed by atoms with Crippen LogP contribution in [-0.4, -0.2) is 83.9 Å². The van der Waals surface area contributed by atoms with E-state index in [1.165, 1.54) is 0 Å². The maximum absolute atomic E-state index is 12.6. The molecule has 0 bridgehead atoms. The highest BCUT2D eigenvalue weighted by Gasteiger charge is 2.38. The lowest BCUT2D eigenvalue weighted by Gasteiger charge is -2.46. The van der Waals surface area contributed by atoms with Crippen molar-refractivity contribution in [1.29, 1.82) is 0 Å². The van der Waals surface area contributed by atoms with E-state index in [1.807, 2.05) is 11.9 Å². The molecule has 2 fully saturated rings. The highest BCUT2D eigenvalue weighted by molar-refractivity contribution is 5.90. The maximum atomic E-state index is 12.6. The number of methoxy groups -OCH3 is 1. The summed E-state index contributed by atoms with van der Waals surface area (Å²) in [6, 6.07) is 0.252. The first-order valence-corrected chi connectivity index (χ1v) is 7.82. The van der Waals surface area contributed by atoms with Gasteiger partial charge in [0.25, 0.3) is 5.91 Å². The van der Waals surface area contributed by atoms with Gasteiger partial charge < -0.3 is 18.9 Å². The molecule has 22 heavy (non-hydrogen) atoms. The van der Waals surface area contributed by atoms with Crippen molar-refractivity contribution in [2.24, 2.45) is 7.05 Å². The van der Waals surface area contributed by atoms with Crippen LogP contribution in [0.1, 0.15) is 17.0 Å². The van der Waals surface area contributed by atoms with Crippen LogP contribution in [0.2, 0.25) is 0 Å². The molecule has 7 heteroatoms. The van der Waals surface area contributed by atoms with E-state index >= 15 is 0 Å². The average molecular weight is 308 g/mol. The zero-order chi connectivity index (χ0) is 15.5. The smallest absolute Gasteiger partial charge is 0.289 e. The third-order valence-electron chi connectivity index (χ3n) is 4.58. The highest BCUT2D eigenvalue weighted by atomic mass is 16.5. The van der Waals surface area contributed by atoms with Gasteiger partial charge in [0.05, 0.1) is 25.4 Å². The second-order valence-electron chi connectivity index (χ2n) is 5.91. The lowest BCUT2D eigenvalue weighted by molar-refractivity contribution is -0.101. The van der Waals surface area contributed by atoms with Gasteiger partial charge in [0, 0.05) is 52.7 Å². The third-order valence-corrected chi connectivity index (χ3v) is 4.58. The van der Waals surface area contributed by atoms with Crippen LogP contribution in [-0.2, 0) is 16.5 Å². The molecule has 0 radical (unpaired) electrons. The molecule has 2 aliphatic rings. The van der Waals surface area contributed by atoms with E-state index in [0.29, 0.717) is 19.0 Å². The maximum Gasteiger partial charge on any atom is 0.289 e. The van der Waals surface area contributed by atoms with Crippen LogP contribution in [0, 0.1) is 0 Å². The van der Waals surface area contributed by atoms with Crippen molar-refractivity contribution in [1.82, 2.24) is 19.4 Å². The minimum absolute atomic E-state index is 0.00298. The molecule has 0 spiro atoms. The van der Waals surface area contributed by atoms with E-state index in [0.717, 1.165) is 32.7 Å². The summed E-state index contributed by atoms with van der Waals surface area (Å²) >= 11 is 0. The SMILES string of the molecule is COCCN1CCO[C@H]2CCN(C(=O)c3nccn3C)C[C@@H]21. The summed E-state index contributed by atoms with van der Waals surface area (Å²) in [6.45, 7) is 4.67. The number of imidazole rings is 1. The normalized spacial score (nSPS) is 26.0. The Morgan fingerprint density at radius 2 is 2.36 bits per heavy atom. The van der Waals surface area contributed by atoms with Gasteiger partial charge in [0.1, 0.15) is 0 Å². The van der Waals surface area contributed by atoms with Crippen LogP contribution >= 0.6 is 0 Å². The minimum atomic E-state index is 0.00298. The predicted octanol–water partition coefficient (Wildman–Crippen LogP) is -0.0182. The summed E-state index contributed by atoms with van der Waals surface area (Å²) in [5.74, 6) is 0.502. The lowest BCUT2D eigenvalue weighted by atomic mass is 9.98. The van der Waals surface area contributed by atoms with Gasteiger partial charge in [-0.05, 0) is 6.42 Å². The number of fused-ring (bicyclic) bond motifs is 1. The van der Waals surface area contributed by atoms with Crippen LogP contribution in [0.5, 0.6) is 0 Å². The van der Waals surface area contributed by atoms with Gasteiger partial charge in [-0.3, -0.25) is 9.69 Å². The van der Waals surface area contributed by atoms with Gasteiger partial charge >= 0.3 is 0 Å². The number of morpholine rings is 1. The van der Waals surface area contributed by atoms with Crippen LogP contribution in [0.15, 0.2) is 12.4 Å². The van der Waals surface area contributed by atoms with Crippen molar-refractivity contribution in [3.05, 3.63) is 18.2 Å². The molecule has 122 valence electrons. The van der Waals surface area contributed by atoms with Gasteiger partial charge in [0.15, 0.2) is 5.82 Å². The van der Waals surface area contributed by atoms with Crippen molar-refractivity contribution in [2.75, 3.05) is 46.5 Å². The number of rotatable bonds is 4. The number of aromatic nitrogens is 2. The molecule has 0 aromatic carbocycles. The van der Waals surface area contributed by atoms with Gasteiger partial charge in [-0.2, -0.15) is 0 Å². The van der Waals surface area contributed by atoms with Crippen molar-refractivity contribution < 1.29 is 14.3 Å². The number of piperidine rings is 1. The number of hydrogen-bond acceptors (Lipinski definition) is 5. The molecule has 0 aliphatic carbocycles. The molecule has 2 saturated heterocycles.